The highest BCUT2D eigenvalue weighted by Gasteiger charge is 2.43. The first-order valence-electron chi connectivity index (χ1n) is 7.55. The fourth-order valence-electron chi connectivity index (χ4n) is 2.65. The summed E-state index contributed by atoms with van der Waals surface area (Å²) in [6, 6.07) is 0. The first kappa shape index (κ1) is 17.6. The number of piperazine rings is 1. The van der Waals surface area contributed by atoms with Gasteiger partial charge in [-0.25, -0.2) is 0 Å². The predicted molar refractivity (Wildman–Crippen MR) is 80.2 cm³/mol. The van der Waals surface area contributed by atoms with E-state index in [1.54, 1.807) is 13.8 Å². The highest BCUT2D eigenvalue weighted by Crippen LogP contribution is 2.24. The van der Waals surface area contributed by atoms with Gasteiger partial charge in [0.1, 0.15) is 12.1 Å². The van der Waals surface area contributed by atoms with Crippen molar-refractivity contribution in [3.8, 4) is 0 Å². The highest BCUT2D eigenvalue weighted by atomic mass is 16.2. The smallest absolute Gasteiger partial charge is 0.252 e. The van der Waals surface area contributed by atoms with Crippen LogP contribution in [0.5, 0.6) is 0 Å². The SMILES string of the molecule is CC(C)C(CCN)CCC(=O)N1CC(=O)NC(=O)C1(C)C. The van der Waals surface area contributed by atoms with Crippen molar-refractivity contribution in [3.63, 3.8) is 0 Å². The van der Waals surface area contributed by atoms with E-state index >= 15 is 0 Å². The Morgan fingerprint density at radius 3 is 2.48 bits per heavy atom. The normalized spacial score (nSPS) is 19.6. The van der Waals surface area contributed by atoms with E-state index in [9.17, 15) is 14.4 Å². The van der Waals surface area contributed by atoms with Crippen molar-refractivity contribution in [2.24, 2.45) is 17.6 Å². The van der Waals surface area contributed by atoms with Crippen LogP contribution in [0.15, 0.2) is 0 Å². The number of carbonyl (C=O) groups excluding carboxylic acids is 3. The van der Waals surface area contributed by atoms with E-state index in [0.717, 1.165) is 12.8 Å². The lowest BCUT2D eigenvalue weighted by Crippen LogP contribution is -2.65. The lowest BCUT2D eigenvalue weighted by atomic mass is 9.87. The molecule has 1 heterocycles. The lowest BCUT2D eigenvalue weighted by molar-refractivity contribution is -0.155. The molecule has 120 valence electrons. The second-order valence-electron chi connectivity index (χ2n) is 6.54. The number of nitrogens with one attached hydrogen (secondary N) is 1. The van der Waals surface area contributed by atoms with Gasteiger partial charge in [0, 0.05) is 6.42 Å². The number of amides is 3. The van der Waals surface area contributed by atoms with Gasteiger partial charge in [0.25, 0.3) is 5.91 Å². The van der Waals surface area contributed by atoms with Crippen LogP contribution in [-0.2, 0) is 14.4 Å². The summed E-state index contributed by atoms with van der Waals surface area (Å²) in [5.74, 6) is -0.146. The molecule has 0 aliphatic carbocycles. The van der Waals surface area contributed by atoms with Crippen LogP contribution in [0.2, 0.25) is 0 Å². The van der Waals surface area contributed by atoms with Crippen molar-refractivity contribution in [1.29, 1.82) is 0 Å². The fraction of sp³-hybridized carbons (Fsp3) is 0.800. The first-order valence-corrected chi connectivity index (χ1v) is 7.55. The Hall–Kier alpha value is -1.43. The molecule has 3 N–H and O–H groups in total. The van der Waals surface area contributed by atoms with E-state index in [0.29, 0.717) is 24.8 Å². The topological polar surface area (TPSA) is 92.5 Å². The molecule has 0 aromatic heterocycles. The van der Waals surface area contributed by atoms with Crippen LogP contribution < -0.4 is 11.1 Å². The van der Waals surface area contributed by atoms with Gasteiger partial charge in [0.05, 0.1) is 0 Å². The van der Waals surface area contributed by atoms with Gasteiger partial charge in [0.2, 0.25) is 11.8 Å². The Morgan fingerprint density at radius 2 is 1.95 bits per heavy atom. The van der Waals surface area contributed by atoms with Crippen molar-refractivity contribution in [2.75, 3.05) is 13.1 Å². The van der Waals surface area contributed by atoms with Gasteiger partial charge in [-0.2, -0.15) is 0 Å². The summed E-state index contributed by atoms with van der Waals surface area (Å²) in [6.45, 7) is 8.10. The third-order valence-electron chi connectivity index (χ3n) is 4.30. The summed E-state index contributed by atoms with van der Waals surface area (Å²) in [5.41, 5.74) is 4.62. The number of nitrogens with zero attached hydrogens (tertiary/aromatic N) is 1. The van der Waals surface area contributed by atoms with E-state index in [1.807, 2.05) is 0 Å². The predicted octanol–water partition coefficient (Wildman–Crippen LogP) is 0.651. The molecule has 1 aliphatic rings. The monoisotopic (exact) mass is 297 g/mol. The molecule has 1 rings (SSSR count). The maximum absolute atomic E-state index is 12.4. The minimum Gasteiger partial charge on any atom is -0.330 e. The van der Waals surface area contributed by atoms with Crippen LogP contribution in [-0.4, -0.2) is 41.2 Å². The van der Waals surface area contributed by atoms with Crippen LogP contribution in [0.25, 0.3) is 0 Å². The van der Waals surface area contributed by atoms with E-state index in [1.165, 1.54) is 4.90 Å². The molecule has 0 bridgehead atoms. The molecular formula is C15H27N3O3. The second kappa shape index (κ2) is 7.02. The van der Waals surface area contributed by atoms with E-state index in [2.05, 4.69) is 19.2 Å². The summed E-state index contributed by atoms with van der Waals surface area (Å²) >= 11 is 0. The Morgan fingerprint density at radius 1 is 1.33 bits per heavy atom. The molecule has 0 aromatic carbocycles. The summed E-state index contributed by atoms with van der Waals surface area (Å²) < 4.78 is 0. The molecule has 1 aliphatic heterocycles. The third-order valence-corrected chi connectivity index (χ3v) is 4.30. The fourth-order valence-corrected chi connectivity index (χ4v) is 2.65. The van der Waals surface area contributed by atoms with Crippen molar-refractivity contribution in [3.05, 3.63) is 0 Å². The molecule has 3 amide bonds. The summed E-state index contributed by atoms with van der Waals surface area (Å²) in [7, 11) is 0. The van der Waals surface area contributed by atoms with Gasteiger partial charge in [-0.15, -0.1) is 0 Å². The van der Waals surface area contributed by atoms with E-state index in [-0.39, 0.29) is 12.5 Å². The minimum atomic E-state index is -0.980. The van der Waals surface area contributed by atoms with Gasteiger partial charge in [-0.3, -0.25) is 19.7 Å². The molecule has 1 fully saturated rings. The number of hydrogen-bond acceptors (Lipinski definition) is 4. The van der Waals surface area contributed by atoms with Crippen molar-refractivity contribution in [1.82, 2.24) is 10.2 Å². The van der Waals surface area contributed by atoms with E-state index < -0.39 is 17.4 Å². The van der Waals surface area contributed by atoms with Gasteiger partial charge >= 0.3 is 0 Å². The molecule has 0 saturated carbocycles. The van der Waals surface area contributed by atoms with Crippen molar-refractivity contribution >= 4 is 17.7 Å². The zero-order valence-electron chi connectivity index (χ0n) is 13.4. The molecule has 0 radical (unpaired) electrons. The van der Waals surface area contributed by atoms with Crippen LogP contribution in [0.1, 0.15) is 47.0 Å². The van der Waals surface area contributed by atoms with Crippen LogP contribution in [0.4, 0.5) is 0 Å². The molecule has 1 saturated heterocycles. The van der Waals surface area contributed by atoms with Crippen LogP contribution >= 0.6 is 0 Å². The first-order chi connectivity index (χ1) is 9.70. The Bertz CT molecular complexity index is 418. The van der Waals surface area contributed by atoms with Gasteiger partial charge in [-0.1, -0.05) is 13.8 Å². The molecule has 0 spiro atoms. The zero-order valence-corrected chi connectivity index (χ0v) is 13.4. The van der Waals surface area contributed by atoms with Gasteiger partial charge in [0.15, 0.2) is 0 Å². The van der Waals surface area contributed by atoms with Crippen molar-refractivity contribution in [2.45, 2.75) is 52.5 Å². The second-order valence-corrected chi connectivity index (χ2v) is 6.54. The number of imide groups is 1. The lowest BCUT2D eigenvalue weighted by Gasteiger charge is -2.40. The average molecular weight is 297 g/mol. The summed E-state index contributed by atoms with van der Waals surface area (Å²) in [4.78, 5) is 37.1. The molecule has 0 aromatic rings. The number of carbonyl (C=O) groups is 3. The minimum absolute atomic E-state index is 0.0548. The van der Waals surface area contributed by atoms with E-state index in [4.69, 9.17) is 5.73 Å². The molecule has 1 unspecified atom stereocenters. The zero-order chi connectivity index (χ0) is 16.2. The molecule has 1 atom stereocenters. The van der Waals surface area contributed by atoms with Gasteiger partial charge in [-0.05, 0) is 45.1 Å². The Kier molecular flexibility index (Phi) is 5.89. The van der Waals surface area contributed by atoms with Crippen LogP contribution in [0.3, 0.4) is 0 Å². The summed E-state index contributed by atoms with van der Waals surface area (Å²) in [5, 5.41) is 2.27. The molecule has 6 nitrogen and oxygen atoms in total. The number of rotatable bonds is 6. The quantitative estimate of drug-likeness (QED) is 0.704. The Balaban J connectivity index is 2.69. The highest BCUT2D eigenvalue weighted by molar-refractivity contribution is 6.06. The number of hydrogen-bond donors (Lipinski definition) is 2. The molecule has 21 heavy (non-hydrogen) atoms. The Labute approximate surface area is 126 Å². The van der Waals surface area contributed by atoms with Gasteiger partial charge < -0.3 is 10.6 Å². The largest absolute Gasteiger partial charge is 0.330 e. The van der Waals surface area contributed by atoms with Crippen molar-refractivity contribution < 1.29 is 14.4 Å². The maximum atomic E-state index is 12.4. The van der Waals surface area contributed by atoms with Crippen LogP contribution in [0, 0.1) is 11.8 Å². The third kappa shape index (κ3) is 4.27. The molecule has 6 heteroatoms. The summed E-state index contributed by atoms with van der Waals surface area (Å²) in [6.07, 6.45) is 1.96. The molecular weight excluding hydrogens is 270 g/mol. The average Bonchev–Trinajstić information content (AvgIpc) is 2.38. The standard InChI is InChI=1S/C15H27N3O3/c1-10(2)11(7-8-16)5-6-13(20)18-9-12(19)17-14(21)15(18,3)4/h10-11H,5-9,16H2,1-4H3,(H,17,19,21). The number of nitrogens with two attached hydrogens (primary N) is 1. The maximum Gasteiger partial charge on any atom is 0.252 e.